The van der Waals surface area contributed by atoms with Gasteiger partial charge in [-0.05, 0) is 38.5 Å². The molecule has 7 nitrogen and oxygen atoms in total. The molecule has 2 unspecified atom stereocenters. The summed E-state index contributed by atoms with van der Waals surface area (Å²) in [4.78, 5) is 11.0. The van der Waals surface area contributed by atoms with Gasteiger partial charge in [0.2, 0.25) is 0 Å². The number of allylic oxidation sites excluding steroid dienone is 2. The Morgan fingerprint density at radius 3 is 2.77 bits per heavy atom. The smallest absolute Gasteiger partial charge is 0.305 e. The van der Waals surface area contributed by atoms with Crippen molar-refractivity contribution in [3.05, 3.63) is 12.2 Å². The van der Waals surface area contributed by atoms with E-state index >= 15 is 0 Å². The molecule has 2 aliphatic rings. The topological polar surface area (TPSA) is 99.1 Å². The second-order valence-electron chi connectivity index (χ2n) is 6.86. The zero-order valence-electron chi connectivity index (χ0n) is 15.3. The third-order valence-corrected chi connectivity index (χ3v) is 7.26. The number of rotatable bonds is 9. The van der Waals surface area contributed by atoms with Crippen LogP contribution in [0.25, 0.3) is 0 Å². The Hall–Kier alpha value is -0.960. The molecule has 1 N–H and O–H groups in total. The van der Waals surface area contributed by atoms with Crippen LogP contribution in [0.3, 0.4) is 0 Å². The summed E-state index contributed by atoms with van der Waals surface area (Å²) in [5.74, 6) is -0.758. The van der Waals surface area contributed by atoms with Crippen LogP contribution in [-0.4, -0.2) is 63.2 Å². The zero-order valence-corrected chi connectivity index (χ0v) is 16.2. The van der Waals surface area contributed by atoms with Crippen LogP contribution in [0.4, 0.5) is 0 Å². The Bertz CT molecular complexity index is 566. The second kappa shape index (κ2) is 10.4. The van der Waals surface area contributed by atoms with Gasteiger partial charge in [0.1, 0.15) is 0 Å². The largest absolute Gasteiger partial charge is 0.469 e. The average Bonchev–Trinajstić information content (AvgIpc) is 2.87. The highest BCUT2D eigenvalue weighted by atomic mass is 32.2. The number of carbonyl (C=O) groups is 1. The monoisotopic (exact) mass is 390 g/mol. The predicted molar refractivity (Wildman–Crippen MR) is 96.2 cm³/mol. The summed E-state index contributed by atoms with van der Waals surface area (Å²) in [5.41, 5.74) is 0. The van der Waals surface area contributed by atoms with E-state index in [1.807, 2.05) is 12.2 Å². The second-order valence-corrected chi connectivity index (χ2v) is 9.13. The molecule has 0 spiro atoms. The van der Waals surface area contributed by atoms with Crippen molar-refractivity contribution < 1.29 is 32.5 Å². The molecule has 0 aromatic heterocycles. The van der Waals surface area contributed by atoms with Crippen LogP contribution in [0.2, 0.25) is 0 Å². The van der Waals surface area contributed by atoms with Crippen LogP contribution in [0.15, 0.2) is 12.2 Å². The Morgan fingerprint density at radius 2 is 2.12 bits per heavy atom. The van der Waals surface area contributed by atoms with Crippen LogP contribution in [0.1, 0.15) is 44.9 Å². The molecule has 4 atom stereocenters. The lowest BCUT2D eigenvalue weighted by molar-refractivity contribution is -0.193. The Morgan fingerprint density at radius 1 is 1.31 bits per heavy atom. The van der Waals surface area contributed by atoms with Gasteiger partial charge in [-0.1, -0.05) is 12.2 Å². The molecule has 150 valence electrons. The predicted octanol–water partition coefficient (Wildman–Crippen LogP) is 1.59. The molecule has 0 aromatic carbocycles. The van der Waals surface area contributed by atoms with Crippen molar-refractivity contribution in [3.8, 4) is 0 Å². The van der Waals surface area contributed by atoms with Gasteiger partial charge in [-0.25, -0.2) is 8.42 Å². The molecule has 2 fully saturated rings. The number of carbonyl (C=O) groups excluding carboxylic acids is 1. The van der Waals surface area contributed by atoms with Crippen molar-refractivity contribution in [1.82, 2.24) is 0 Å². The third kappa shape index (κ3) is 6.04. The first-order valence-electron chi connectivity index (χ1n) is 9.29. The SMILES string of the molecule is COC(=O)CCCC=CC[C@H]1[C@@H](CO)C(OC2CCCCO2)CS1(=O)=O. The molecule has 0 bridgehead atoms. The summed E-state index contributed by atoms with van der Waals surface area (Å²) in [6.45, 7) is 0.406. The first-order chi connectivity index (χ1) is 12.5. The van der Waals surface area contributed by atoms with Gasteiger partial charge in [-0.15, -0.1) is 0 Å². The maximum absolute atomic E-state index is 12.5. The van der Waals surface area contributed by atoms with E-state index in [0.717, 1.165) is 19.3 Å². The number of methoxy groups -OCH3 is 1. The highest BCUT2D eigenvalue weighted by Gasteiger charge is 2.47. The summed E-state index contributed by atoms with van der Waals surface area (Å²) in [7, 11) is -1.97. The van der Waals surface area contributed by atoms with Crippen molar-refractivity contribution in [1.29, 1.82) is 0 Å². The zero-order chi connectivity index (χ0) is 19.0. The number of esters is 1. The molecular formula is C18H30O7S. The third-order valence-electron chi connectivity index (χ3n) is 5.00. The molecule has 0 aromatic rings. The van der Waals surface area contributed by atoms with Gasteiger partial charge < -0.3 is 19.3 Å². The van der Waals surface area contributed by atoms with Gasteiger partial charge in [0.15, 0.2) is 16.1 Å². The number of aliphatic hydroxyl groups is 1. The van der Waals surface area contributed by atoms with Gasteiger partial charge in [-0.3, -0.25) is 4.79 Å². The van der Waals surface area contributed by atoms with Crippen LogP contribution in [-0.2, 0) is 28.8 Å². The van der Waals surface area contributed by atoms with Crippen molar-refractivity contribution >= 4 is 15.8 Å². The van der Waals surface area contributed by atoms with E-state index in [-0.39, 0.29) is 24.6 Å². The fraction of sp³-hybridized carbons (Fsp3) is 0.833. The van der Waals surface area contributed by atoms with Gasteiger partial charge in [0, 0.05) is 25.6 Å². The van der Waals surface area contributed by atoms with Crippen molar-refractivity contribution in [2.45, 2.75) is 62.6 Å². The van der Waals surface area contributed by atoms with Crippen molar-refractivity contribution in [2.75, 3.05) is 26.1 Å². The van der Waals surface area contributed by atoms with E-state index in [0.29, 0.717) is 32.3 Å². The van der Waals surface area contributed by atoms with Crippen LogP contribution in [0.5, 0.6) is 0 Å². The number of unbranched alkanes of at least 4 members (excludes halogenated alkanes) is 1. The molecule has 0 radical (unpaired) electrons. The quantitative estimate of drug-likeness (QED) is 0.363. The average molecular weight is 390 g/mol. The lowest BCUT2D eigenvalue weighted by Crippen LogP contribution is -2.35. The van der Waals surface area contributed by atoms with Gasteiger partial charge in [-0.2, -0.15) is 0 Å². The number of hydrogen-bond donors (Lipinski definition) is 1. The van der Waals surface area contributed by atoms with E-state index in [9.17, 15) is 18.3 Å². The van der Waals surface area contributed by atoms with Crippen LogP contribution >= 0.6 is 0 Å². The summed E-state index contributed by atoms with van der Waals surface area (Å²) in [6.07, 6.45) is 7.61. The van der Waals surface area contributed by atoms with Crippen molar-refractivity contribution in [2.24, 2.45) is 5.92 Å². The standard InChI is InChI=1S/C18H30O7S/c1-23-17(20)9-5-3-2-4-8-16-14(12-19)15(13-26(16,21)22)25-18-10-6-7-11-24-18/h2,4,14-16,18-19H,3,5-13H2,1H3/t14-,15?,16-,18?/m0/s1. The molecule has 0 amide bonds. The number of aliphatic hydroxyl groups excluding tert-OH is 1. The molecular weight excluding hydrogens is 360 g/mol. The van der Waals surface area contributed by atoms with Gasteiger partial charge in [0.25, 0.3) is 0 Å². The van der Waals surface area contributed by atoms with E-state index < -0.39 is 27.1 Å². The summed E-state index contributed by atoms with van der Waals surface area (Å²) in [5, 5.41) is 9.10. The molecule has 2 aliphatic heterocycles. The van der Waals surface area contributed by atoms with Gasteiger partial charge in [0.05, 0.1) is 24.2 Å². The fourth-order valence-electron chi connectivity index (χ4n) is 3.51. The first kappa shape index (κ1) is 21.3. The first-order valence-corrected chi connectivity index (χ1v) is 11.0. The Labute approximate surface area is 155 Å². The normalized spacial score (nSPS) is 31.3. The fourth-order valence-corrected chi connectivity index (χ4v) is 5.74. The Kier molecular flexibility index (Phi) is 8.53. The van der Waals surface area contributed by atoms with Gasteiger partial charge >= 0.3 is 5.97 Å². The Balaban J connectivity index is 1.86. The number of sulfone groups is 1. The lowest BCUT2D eigenvalue weighted by atomic mass is 9.98. The number of ether oxygens (including phenoxy) is 3. The van der Waals surface area contributed by atoms with E-state index in [4.69, 9.17) is 9.47 Å². The maximum atomic E-state index is 12.5. The van der Waals surface area contributed by atoms with Crippen LogP contribution < -0.4 is 0 Å². The van der Waals surface area contributed by atoms with E-state index in [1.54, 1.807) is 0 Å². The summed E-state index contributed by atoms with van der Waals surface area (Å²) < 4.78 is 41.0. The molecule has 2 saturated heterocycles. The molecule has 2 heterocycles. The minimum atomic E-state index is -3.32. The van der Waals surface area contributed by atoms with Crippen LogP contribution in [0, 0.1) is 5.92 Å². The summed E-state index contributed by atoms with van der Waals surface area (Å²) in [6, 6.07) is 0. The van der Waals surface area contributed by atoms with E-state index in [1.165, 1.54) is 7.11 Å². The van der Waals surface area contributed by atoms with E-state index in [2.05, 4.69) is 4.74 Å². The summed E-state index contributed by atoms with van der Waals surface area (Å²) >= 11 is 0. The maximum Gasteiger partial charge on any atom is 0.305 e. The molecule has 8 heteroatoms. The molecule has 2 rings (SSSR count). The lowest BCUT2D eigenvalue weighted by Gasteiger charge is -2.28. The minimum absolute atomic E-state index is 0.0705. The van der Waals surface area contributed by atoms with Crippen molar-refractivity contribution in [3.63, 3.8) is 0 Å². The molecule has 26 heavy (non-hydrogen) atoms. The highest BCUT2D eigenvalue weighted by molar-refractivity contribution is 7.92. The minimum Gasteiger partial charge on any atom is -0.469 e. The number of hydrogen-bond acceptors (Lipinski definition) is 7. The molecule has 0 aliphatic carbocycles. The highest BCUT2D eigenvalue weighted by Crippen LogP contribution is 2.33. The molecule has 0 saturated carbocycles.